The van der Waals surface area contributed by atoms with Crippen LogP contribution in [-0.2, 0) is 4.79 Å². The third-order valence-electron chi connectivity index (χ3n) is 4.04. The molecule has 5 nitrogen and oxygen atoms in total. The van der Waals surface area contributed by atoms with Gasteiger partial charge in [0.05, 0.1) is 0 Å². The van der Waals surface area contributed by atoms with Gasteiger partial charge in [0.25, 0.3) is 5.91 Å². The molecule has 112 valence electrons. The Hall–Kier alpha value is -1.43. The quantitative estimate of drug-likeness (QED) is 0.905. The molecule has 21 heavy (non-hydrogen) atoms. The Morgan fingerprint density at radius 2 is 1.95 bits per heavy atom. The van der Waals surface area contributed by atoms with Gasteiger partial charge in [-0.2, -0.15) is 0 Å². The Balaban J connectivity index is 1.54. The lowest BCUT2D eigenvalue weighted by Gasteiger charge is -2.32. The fourth-order valence-corrected chi connectivity index (χ4v) is 3.01. The second kappa shape index (κ2) is 6.13. The maximum absolute atomic E-state index is 12.4. The molecule has 2 fully saturated rings. The first kappa shape index (κ1) is 14.5. The van der Waals surface area contributed by atoms with Gasteiger partial charge in [-0.3, -0.25) is 9.59 Å². The van der Waals surface area contributed by atoms with E-state index < -0.39 is 0 Å². The fourth-order valence-electron chi connectivity index (χ4n) is 2.58. The molecule has 2 aliphatic rings. The largest absolute Gasteiger partial charge is 0.353 e. The van der Waals surface area contributed by atoms with Crippen molar-refractivity contribution in [3.05, 3.63) is 28.5 Å². The minimum atomic E-state index is -0.0468. The summed E-state index contributed by atoms with van der Waals surface area (Å²) < 4.78 is 0.721. The molecule has 0 atom stereocenters. The van der Waals surface area contributed by atoms with Crippen LogP contribution in [0.5, 0.6) is 0 Å². The highest BCUT2D eigenvalue weighted by Gasteiger charge is 2.32. The van der Waals surface area contributed by atoms with Crippen molar-refractivity contribution in [2.75, 3.05) is 13.1 Å². The highest BCUT2D eigenvalue weighted by Crippen LogP contribution is 2.29. The van der Waals surface area contributed by atoms with Crippen molar-refractivity contribution in [2.24, 2.45) is 5.92 Å². The van der Waals surface area contributed by atoms with E-state index in [4.69, 9.17) is 0 Å². The van der Waals surface area contributed by atoms with Crippen LogP contribution in [-0.4, -0.2) is 40.8 Å². The van der Waals surface area contributed by atoms with Crippen molar-refractivity contribution >= 4 is 27.7 Å². The number of hydrogen-bond donors (Lipinski definition) is 1. The molecule has 1 N–H and O–H groups in total. The van der Waals surface area contributed by atoms with Gasteiger partial charge in [0.1, 0.15) is 5.69 Å². The van der Waals surface area contributed by atoms with Crippen molar-refractivity contribution in [3.8, 4) is 0 Å². The van der Waals surface area contributed by atoms with Gasteiger partial charge in [-0.15, -0.1) is 0 Å². The minimum absolute atomic E-state index is 0.0468. The second-order valence-electron chi connectivity index (χ2n) is 5.68. The predicted molar refractivity (Wildman–Crippen MR) is 81.7 cm³/mol. The fraction of sp³-hybridized carbons (Fsp3) is 0.533. The second-order valence-corrected chi connectivity index (χ2v) is 6.54. The zero-order valence-electron chi connectivity index (χ0n) is 11.7. The lowest BCUT2D eigenvalue weighted by molar-refractivity contribution is -0.123. The van der Waals surface area contributed by atoms with Gasteiger partial charge in [0, 0.05) is 35.7 Å². The van der Waals surface area contributed by atoms with E-state index in [1.54, 1.807) is 12.3 Å². The molecule has 6 heteroatoms. The summed E-state index contributed by atoms with van der Waals surface area (Å²) in [5.41, 5.74) is 0.456. The van der Waals surface area contributed by atoms with Gasteiger partial charge in [0.15, 0.2) is 0 Å². The van der Waals surface area contributed by atoms with Crippen molar-refractivity contribution in [2.45, 2.75) is 31.7 Å². The molecule has 3 rings (SSSR count). The Morgan fingerprint density at radius 3 is 2.57 bits per heavy atom. The van der Waals surface area contributed by atoms with Crippen LogP contribution in [0.3, 0.4) is 0 Å². The Kier molecular flexibility index (Phi) is 4.24. The number of likely N-dealkylation sites (tertiary alicyclic amines) is 1. The van der Waals surface area contributed by atoms with Gasteiger partial charge >= 0.3 is 0 Å². The molecule has 1 aliphatic carbocycles. The lowest BCUT2D eigenvalue weighted by Crippen LogP contribution is -2.47. The zero-order valence-corrected chi connectivity index (χ0v) is 13.3. The van der Waals surface area contributed by atoms with Crippen LogP contribution in [0.15, 0.2) is 22.8 Å². The average molecular weight is 352 g/mol. The number of halogens is 1. The van der Waals surface area contributed by atoms with Crippen molar-refractivity contribution in [1.29, 1.82) is 0 Å². The summed E-state index contributed by atoms with van der Waals surface area (Å²) >= 11 is 3.36. The maximum Gasteiger partial charge on any atom is 0.273 e. The van der Waals surface area contributed by atoms with Crippen LogP contribution < -0.4 is 5.32 Å². The van der Waals surface area contributed by atoms with Gasteiger partial charge < -0.3 is 10.2 Å². The number of piperidine rings is 1. The number of amides is 2. The molecule has 1 saturated heterocycles. The molecule has 1 aliphatic heterocycles. The predicted octanol–water partition coefficient (Wildman–Crippen LogP) is 1.97. The van der Waals surface area contributed by atoms with Gasteiger partial charge in [0.2, 0.25) is 5.91 Å². The summed E-state index contributed by atoms with van der Waals surface area (Å²) in [6.45, 7) is 1.33. The van der Waals surface area contributed by atoms with E-state index in [9.17, 15) is 9.59 Å². The number of aromatic nitrogens is 1. The van der Waals surface area contributed by atoms with Crippen LogP contribution in [0.4, 0.5) is 0 Å². The Labute approximate surface area is 132 Å². The first-order valence-electron chi connectivity index (χ1n) is 7.35. The number of rotatable bonds is 3. The van der Waals surface area contributed by atoms with Crippen molar-refractivity contribution in [3.63, 3.8) is 0 Å². The summed E-state index contributed by atoms with van der Waals surface area (Å²) in [5.74, 6) is 0.385. The molecule has 1 aromatic rings. The van der Waals surface area contributed by atoms with Gasteiger partial charge in [-0.1, -0.05) is 0 Å². The van der Waals surface area contributed by atoms with E-state index in [0.29, 0.717) is 18.8 Å². The molecule has 2 heterocycles. The van der Waals surface area contributed by atoms with Crippen LogP contribution in [0.25, 0.3) is 0 Å². The van der Waals surface area contributed by atoms with E-state index >= 15 is 0 Å². The third-order valence-corrected chi connectivity index (χ3v) is 4.68. The zero-order chi connectivity index (χ0) is 14.8. The Morgan fingerprint density at radius 1 is 1.24 bits per heavy atom. The molecule has 1 saturated carbocycles. The number of carbonyl (C=O) groups excluding carboxylic acids is 2. The number of carbonyl (C=O) groups is 2. The number of hydrogen-bond acceptors (Lipinski definition) is 3. The third kappa shape index (κ3) is 3.43. The molecule has 1 aromatic heterocycles. The first-order valence-corrected chi connectivity index (χ1v) is 8.14. The average Bonchev–Trinajstić information content (AvgIpc) is 3.32. The van der Waals surface area contributed by atoms with E-state index in [2.05, 4.69) is 26.2 Å². The molecule has 2 amide bonds. The summed E-state index contributed by atoms with van der Waals surface area (Å²) in [5, 5.41) is 3.09. The van der Waals surface area contributed by atoms with E-state index in [1.807, 2.05) is 11.0 Å². The number of pyridine rings is 1. The number of nitrogens with zero attached hydrogens (tertiary/aromatic N) is 2. The summed E-state index contributed by atoms with van der Waals surface area (Å²) in [6.07, 6.45) is 5.30. The highest BCUT2D eigenvalue weighted by atomic mass is 79.9. The normalized spacial score (nSPS) is 19.4. The lowest BCUT2D eigenvalue weighted by atomic mass is 10.0. The minimum Gasteiger partial charge on any atom is -0.353 e. The van der Waals surface area contributed by atoms with Crippen molar-refractivity contribution in [1.82, 2.24) is 15.2 Å². The van der Waals surface area contributed by atoms with Crippen LogP contribution >= 0.6 is 15.9 Å². The Bertz CT molecular complexity index is 552. The number of nitrogens with one attached hydrogen (secondary N) is 1. The molecule has 0 unspecified atom stereocenters. The maximum atomic E-state index is 12.4. The molecule has 0 bridgehead atoms. The summed E-state index contributed by atoms with van der Waals surface area (Å²) in [7, 11) is 0. The first-order chi connectivity index (χ1) is 10.1. The molecule has 0 spiro atoms. The van der Waals surface area contributed by atoms with E-state index in [1.165, 1.54) is 0 Å². The standard InChI is InChI=1S/C15H18BrN3O2/c16-12-2-1-7-17-13(12)15(21)19-8-5-11(6-9-19)18-14(20)10-3-4-10/h1-2,7,10-11H,3-6,8-9H2,(H,18,20). The van der Waals surface area contributed by atoms with E-state index in [-0.39, 0.29) is 23.8 Å². The van der Waals surface area contributed by atoms with Crippen LogP contribution in [0.1, 0.15) is 36.2 Å². The van der Waals surface area contributed by atoms with E-state index in [0.717, 1.165) is 30.2 Å². The molecular weight excluding hydrogens is 334 g/mol. The summed E-state index contributed by atoms with van der Waals surface area (Å²) in [4.78, 5) is 30.1. The van der Waals surface area contributed by atoms with Gasteiger partial charge in [-0.25, -0.2) is 4.98 Å². The van der Waals surface area contributed by atoms with Gasteiger partial charge in [-0.05, 0) is 53.7 Å². The molecule has 0 radical (unpaired) electrons. The monoisotopic (exact) mass is 351 g/mol. The summed E-state index contributed by atoms with van der Waals surface area (Å²) in [6, 6.07) is 3.82. The smallest absolute Gasteiger partial charge is 0.273 e. The SMILES string of the molecule is O=C(NC1CCN(C(=O)c2ncccc2Br)CC1)C1CC1. The van der Waals surface area contributed by atoms with Crippen LogP contribution in [0.2, 0.25) is 0 Å². The van der Waals surface area contributed by atoms with Crippen LogP contribution in [0, 0.1) is 5.92 Å². The highest BCUT2D eigenvalue weighted by molar-refractivity contribution is 9.10. The topological polar surface area (TPSA) is 62.3 Å². The molecular formula is C15H18BrN3O2. The van der Waals surface area contributed by atoms with Crippen molar-refractivity contribution < 1.29 is 9.59 Å². The molecule has 0 aromatic carbocycles.